The van der Waals surface area contributed by atoms with Crippen LogP contribution in [0, 0.1) is 0 Å². The maximum Gasteiger partial charge on any atom is 0.178 e. The number of benzene rings is 1. The Hall–Kier alpha value is -0.580. The molecule has 0 unspecified atom stereocenters. The summed E-state index contributed by atoms with van der Waals surface area (Å²) in [6.07, 6.45) is 0. The Bertz CT molecular complexity index is 386. The van der Waals surface area contributed by atoms with Gasteiger partial charge in [0, 0.05) is 5.02 Å². The molecule has 0 heterocycles. The second-order valence-corrected chi connectivity index (χ2v) is 5.12. The first-order chi connectivity index (χ1) is 6.03. The maximum absolute atomic E-state index is 11.0. The summed E-state index contributed by atoms with van der Waals surface area (Å²) in [6, 6.07) is 6.55. The molecule has 0 spiro atoms. The summed E-state index contributed by atoms with van der Waals surface area (Å²) in [5.41, 5.74) is 0.585. The number of sulfone groups is 1. The lowest BCUT2D eigenvalue weighted by molar-refractivity contribution is 0.358. The quantitative estimate of drug-likeness (QED) is 0.833. The third-order valence-corrected chi connectivity index (χ3v) is 2.87. The zero-order valence-corrected chi connectivity index (χ0v) is 8.35. The molecule has 1 aromatic rings. The summed E-state index contributed by atoms with van der Waals surface area (Å²) in [5, 5.41) is 9.00. The van der Waals surface area contributed by atoms with E-state index in [1.165, 1.54) is 0 Å². The fourth-order valence-electron chi connectivity index (χ4n) is 0.926. The molecule has 3 nitrogen and oxygen atoms in total. The molecule has 0 fully saturated rings. The molecule has 13 heavy (non-hydrogen) atoms. The number of aliphatic hydroxyl groups excluding tert-OH is 1. The zero-order valence-electron chi connectivity index (χ0n) is 6.77. The predicted molar refractivity (Wildman–Crippen MR) is 51.2 cm³/mol. The van der Waals surface area contributed by atoms with Crippen molar-refractivity contribution >= 4 is 21.4 Å². The van der Waals surface area contributed by atoms with Crippen LogP contribution in [0.5, 0.6) is 0 Å². The second-order valence-electron chi connectivity index (χ2n) is 2.65. The lowest BCUT2D eigenvalue weighted by Crippen LogP contribution is -2.08. The minimum atomic E-state index is -3.39. The van der Waals surface area contributed by atoms with Gasteiger partial charge in [-0.3, -0.25) is 0 Å². The standard InChI is InChI=1S/C8H9ClO3S/c9-8-3-1-2-7(4-8)5-13(11,12)6-10/h1-4,10H,5-6H2. The molecule has 0 aliphatic carbocycles. The fourth-order valence-corrected chi connectivity index (χ4v) is 1.92. The maximum atomic E-state index is 11.0. The first-order valence-corrected chi connectivity index (χ1v) is 5.79. The van der Waals surface area contributed by atoms with Crippen molar-refractivity contribution in [3.05, 3.63) is 34.9 Å². The summed E-state index contributed by atoms with van der Waals surface area (Å²) >= 11 is 5.66. The van der Waals surface area contributed by atoms with E-state index in [1.54, 1.807) is 24.3 Å². The smallest absolute Gasteiger partial charge is 0.178 e. The van der Waals surface area contributed by atoms with Gasteiger partial charge in [0.2, 0.25) is 0 Å². The van der Waals surface area contributed by atoms with E-state index in [0.717, 1.165) is 0 Å². The minimum Gasteiger partial charge on any atom is -0.380 e. The van der Waals surface area contributed by atoms with E-state index in [-0.39, 0.29) is 5.75 Å². The fraction of sp³-hybridized carbons (Fsp3) is 0.250. The highest BCUT2D eigenvalue weighted by Gasteiger charge is 2.09. The van der Waals surface area contributed by atoms with Gasteiger partial charge in [-0.1, -0.05) is 23.7 Å². The average Bonchev–Trinajstić information content (AvgIpc) is 2.03. The predicted octanol–water partition coefficient (Wildman–Crippen LogP) is 1.20. The molecule has 0 radical (unpaired) electrons. The zero-order chi connectivity index (χ0) is 9.90. The Morgan fingerprint density at radius 3 is 2.62 bits per heavy atom. The van der Waals surface area contributed by atoms with Crippen molar-refractivity contribution in [3.8, 4) is 0 Å². The first kappa shape index (κ1) is 10.5. The highest BCUT2D eigenvalue weighted by molar-refractivity contribution is 7.90. The number of hydrogen-bond donors (Lipinski definition) is 1. The van der Waals surface area contributed by atoms with E-state index in [9.17, 15) is 8.42 Å². The minimum absolute atomic E-state index is 0.177. The molecule has 1 aromatic carbocycles. The van der Waals surface area contributed by atoms with Gasteiger partial charge in [0.05, 0.1) is 5.75 Å². The molecule has 1 rings (SSSR count). The van der Waals surface area contributed by atoms with Gasteiger partial charge in [-0.15, -0.1) is 0 Å². The summed E-state index contributed by atoms with van der Waals surface area (Å²) in [7, 11) is -3.39. The van der Waals surface area contributed by atoms with Gasteiger partial charge >= 0.3 is 0 Å². The molecule has 0 bridgehead atoms. The van der Waals surface area contributed by atoms with Gasteiger partial charge in [-0.2, -0.15) is 0 Å². The lowest BCUT2D eigenvalue weighted by atomic mass is 10.2. The molecule has 0 aromatic heterocycles. The van der Waals surface area contributed by atoms with Crippen LogP contribution in [0.3, 0.4) is 0 Å². The van der Waals surface area contributed by atoms with E-state index in [4.69, 9.17) is 16.7 Å². The summed E-state index contributed by atoms with van der Waals surface area (Å²) in [5.74, 6) is -1.01. The number of halogens is 1. The van der Waals surface area contributed by atoms with Crippen LogP contribution in [0.25, 0.3) is 0 Å². The molecule has 0 saturated heterocycles. The average molecular weight is 221 g/mol. The van der Waals surface area contributed by atoms with Crippen LogP contribution in [0.1, 0.15) is 5.56 Å². The molecule has 72 valence electrons. The van der Waals surface area contributed by atoms with Crippen LogP contribution >= 0.6 is 11.6 Å². The largest absolute Gasteiger partial charge is 0.380 e. The van der Waals surface area contributed by atoms with E-state index in [2.05, 4.69) is 0 Å². The topological polar surface area (TPSA) is 54.4 Å². The van der Waals surface area contributed by atoms with Crippen molar-refractivity contribution in [2.24, 2.45) is 0 Å². The van der Waals surface area contributed by atoms with Gasteiger partial charge < -0.3 is 5.11 Å². The van der Waals surface area contributed by atoms with Crippen LogP contribution in [-0.2, 0) is 15.6 Å². The number of hydrogen-bond acceptors (Lipinski definition) is 3. The van der Waals surface area contributed by atoms with Gasteiger partial charge in [-0.05, 0) is 17.7 Å². The van der Waals surface area contributed by atoms with E-state index < -0.39 is 15.8 Å². The Morgan fingerprint density at radius 1 is 1.38 bits per heavy atom. The number of rotatable bonds is 3. The normalized spacial score (nSPS) is 11.5. The van der Waals surface area contributed by atoms with Crippen molar-refractivity contribution in [1.82, 2.24) is 0 Å². The van der Waals surface area contributed by atoms with Crippen LogP contribution in [0.4, 0.5) is 0 Å². The highest BCUT2D eigenvalue weighted by Crippen LogP contribution is 2.13. The Morgan fingerprint density at radius 2 is 2.08 bits per heavy atom. The van der Waals surface area contributed by atoms with Gasteiger partial charge in [0.15, 0.2) is 9.84 Å². The van der Waals surface area contributed by atoms with Crippen molar-refractivity contribution in [2.45, 2.75) is 5.75 Å². The molecule has 0 aliphatic heterocycles. The van der Waals surface area contributed by atoms with Crippen LogP contribution < -0.4 is 0 Å². The number of aliphatic hydroxyl groups is 1. The lowest BCUT2D eigenvalue weighted by Gasteiger charge is -2.00. The molecule has 0 saturated carbocycles. The molecule has 0 amide bonds. The summed E-state index contributed by atoms with van der Waals surface area (Å²) in [4.78, 5) is 0. The van der Waals surface area contributed by atoms with Gasteiger partial charge in [0.1, 0.15) is 5.94 Å². The highest BCUT2D eigenvalue weighted by atomic mass is 35.5. The van der Waals surface area contributed by atoms with E-state index >= 15 is 0 Å². The Balaban J connectivity index is 2.87. The molecule has 0 atom stereocenters. The van der Waals surface area contributed by atoms with Crippen LogP contribution in [0.15, 0.2) is 24.3 Å². The van der Waals surface area contributed by atoms with Crippen LogP contribution in [-0.4, -0.2) is 19.5 Å². The van der Waals surface area contributed by atoms with Crippen molar-refractivity contribution in [1.29, 1.82) is 0 Å². The SMILES string of the molecule is O=S(=O)(CO)Cc1cccc(Cl)c1. The van der Waals surface area contributed by atoms with Crippen molar-refractivity contribution in [3.63, 3.8) is 0 Å². The summed E-state index contributed by atoms with van der Waals surface area (Å²) < 4.78 is 22.0. The second kappa shape index (κ2) is 4.09. The third-order valence-electron chi connectivity index (χ3n) is 1.47. The molecule has 1 N–H and O–H groups in total. The Labute approximate surface area is 81.9 Å². The monoisotopic (exact) mass is 220 g/mol. The van der Waals surface area contributed by atoms with Gasteiger partial charge in [-0.25, -0.2) is 8.42 Å². The van der Waals surface area contributed by atoms with Crippen LogP contribution in [0.2, 0.25) is 5.02 Å². The van der Waals surface area contributed by atoms with Crippen molar-refractivity contribution < 1.29 is 13.5 Å². The van der Waals surface area contributed by atoms with E-state index in [0.29, 0.717) is 10.6 Å². The Kier molecular flexibility index (Phi) is 3.30. The van der Waals surface area contributed by atoms with Gasteiger partial charge in [0.25, 0.3) is 0 Å². The molecular formula is C8H9ClO3S. The first-order valence-electron chi connectivity index (χ1n) is 3.59. The molecule has 0 aliphatic rings. The molecular weight excluding hydrogens is 212 g/mol. The molecule has 5 heteroatoms. The summed E-state index contributed by atoms with van der Waals surface area (Å²) in [6.45, 7) is 0. The van der Waals surface area contributed by atoms with Crippen molar-refractivity contribution in [2.75, 3.05) is 5.94 Å². The van der Waals surface area contributed by atoms with E-state index in [1.807, 2.05) is 0 Å². The third kappa shape index (κ3) is 3.34.